The normalized spacial score (nSPS) is 10.0. The number of nitrogens with zero attached hydrogens (tertiary/aromatic N) is 4. The molecule has 0 unspecified atom stereocenters. The second kappa shape index (κ2) is 4.60. The van der Waals surface area contributed by atoms with Gasteiger partial charge >= 0.3 is 5.97 Å². The predicted octanol–water partition coefficient (Wildman–Crippen LogP) is 0.789. The van der Waals surface area contributed by atoms with Gasteiger partial charge in [-0.2, -0.15) is 5.10 Å². The maximum Gasteiger partial charge on any atom is 0.358 e. The maximum absolute atomic E-state index is 11.2. The molecule has 0 radical (unpaired) electrons. The average molecular weight is 234 g/mol. The first-order valence-electron chi connectivity index (χ1n) is 4.76. The summed E-state index contributed by atoms with van der Waals surface area (Å²) in [5.41, 5.74) is 0.0916. The number of aryl methyl sites for hydroxylation is 1. The largest absolute Gasteiger partial charge is 0.464 e. The lowest BCUT2D eigenvalue weighted by Crippen LogP contribution is -2.05. The highest BCUT2D eigenvalue weighted by atomic mass is 16.5. The minimum absolute atomic E-state index is 0.0916. The molecule has 2 aromatic rings. The summed E-state index contributed by atoms with van der Waals surface area (Å²) < 4.78 is 11.5. The SMILES string of the molecule is COC(=O)c1cncc(Oc2cnn(C)c2)n1. The molecule has 0 aliphatic heterocycles. The smallest absolute Gasteiger partial charge is 0.358 e. The lowest BCUT2D eigenvalue weighted by molar-refractivity contribution is 0.0592. The number of carbonyl (C=O) groups excluding carboxylic acids is 1. The third kappa shape index (κ3) is 2.57. The van der Waals surface area contributed by atoms with Crippen molar-refractivity contribution in [2.75, 3.05) is 7.11 Å². The van der Waals surface area contributed by atoms with Crippen LogP contribution in [0.4, 0.5) is 0 Å². The molecule has 2 rings (SSSR count). The van der Waals surface area contributed by atoms with E-state index in [4.69, 9.17) is 4.74 Å². The van der Waals surface area contributed by atoms with Crippen LogP contribution in [0.2, 0.25) is 0 Å². The molecule has 0 amide bonds. The minimum atomic E-state index is -0.561. The highest BCUT2D eigenvalue weighted by molar-refractivity contribution is 5.86. The molecule has 0 aliphatic carbocycles. The van der Waals surface area contributed by atoms with E-state index >= 15 is 0 Å². The van der Waals surface area contributed by atoms with Crippen molar-refractivity contribution in [1.82, 2.24) is 19.7 Å². The lowest BCUT2D eigenvalue weighted by Gasteiger charge is -2.02. The summed E-state index contributed by atoms with van der Waals surface area (Å²) in [6.45, 7) is 0. The average Bonchev–Trinajstić information content (AvgIpc) is 2.74. The van der Waals surface area contributed by atoms with Crippen molar-refractivity contribution in [2.45, 2.75) is 0 Å². The van der Waals surface area contributed by atoms with Gasteiger partial charge in [0.05, 0.1) is 31.9 Å². The number of hydrogen-bond acceptors (Lipinski definition) is 6. The van der Waals surface area contributed by atoms with Crippen LogP contribution in [0.15, 0.2) is 24.8 Å². The van der Waals surface area contributed by atoms with E-state index in [0.29, 0.717) is 5.75 Å². The number of methoxy groups -OCH3 is 1. The summed E-state index contributed by atoms with van der Waals surface area (Å²) >= 11 is 0. The van der Waals surface area contributed by atoms with E-state index in [1.807, 2.05) is 0 Å². The Morgan fingerprint density at radius 3 is 2.82 bits per heavy atom. The zero-order valence-electron chi connectivity index (χ0n) is 9.32. The summed E-state index contributed by atoms with van der Waals surface area (Å²) in [5, 5.41) is 3.94. The molecule has 0 saturated carbocycles. The van der Waals surface area contributed by atoms with Gasteiger partial charge in [0.1, 0.15) is 0 Å². The van der Waals surface area contributed by atoms with Gasteiger partial charge in [-0.15, -0.1) is 0 Å². The second-order valence-electron chi connectivity index (χ2n) is 3.19. The molecule has 2 aromatic heterocycles. The number of aromatic nitrogens is 4. The Morgan fingerprint density at radius 1 is 1.35 bits per heavy atom. The van der Waals surface area contributed by atoms with Crippen LogP contribution >= 0.6 is 0 Å². The van der Waals surface area contributed by atoms with E-state index in [-0.39, 0.29) is 11.6 Å². The molecule has 0 N–H and O–H groups in total. The van der Waals surface area contributed by atoms with Crippen molar-refractivity contribution >= 4 is 5.97 Å². The quantitative estimate of drug-likeness (QED) is 0.730. The Hall–Kier alpha value is -2.44. The van der Waals surface area contributed by atoms with Crippen molar-refractivity contribution in [1.29, 1.82) is 0 Å². The fourth-order valence-corrected chi connectivity index (χ4v) is 1.17. The highest BCUT2D eigenvalue weighted by Gasteiger charge is 2.09. The van der Waals surface area contributed by atoms with Crippen molar-refractivity contribution in [2.24, 2.45) is 7.05 Å². The molecular weight excluding hydrogens is 224 g/mol. The second-order valence-corrected chi connectivity index (χ2v) is 3.19. The van der Waals surface area contributed by atoms with E-state index in [1.54, 1.807) is 17.9 Å². The number of ether oxygens (including phenoxy) is 2. The van der Waals surface area contributed by atoms with Crippen molar-refractivity contribution in [3.8, 4) is 11.6 Å². The first-order valence-corrected chi connectivity index (χ1v) is 4.76. The Morgan fingerprint density at radius 2 is 2.18 bits per heavy atom. The van der Waals surface area contributed by atoms with Gasteiger partial charge in [-0.3, -0.25) is 9.67 Å². The molecule has 88 valence electrons. The molecule has 7 nitrogen and oxygen atoms in total. The fraction of sp³-hybridized carbons (Fsp3) is 0.200. The number of carbonyl (C=O) groups is 1. The van der Waals surface area contributed by atoms with Crippen LogP contribution in [0.3, 0.4) is 0 Å². The van der Waals surface area contributed by atoms with Crippen LogP contribution in [0.1, 0.15) is 10.5 Å². The number of hydrogen-bond donors (Lipinski definition) is 0. The monoisotopic (exact) mass is 234 g/mol. The van der Waals surface area contributed by atoms with E-state index < -0.39 is 5.97 Å². The summed E-state index contributed by atoms with van der Waals surface area (Å²) in [6, 6.07) is 0. The third-order valence-electron chi connectivity index (χ3n) is 1.91. The third-order valence-corrected chi connectivity index (χ3v) is 1.91. The molecular formula is C10H10N4O3. The van der Waals surface area contributed by atoms with Crippen LogP contribution in [0.25, 0.3) is 0 Å². The van der Waals surface area contributed by atoms with E-state index in [2.05, 4.69) is 19.8 Å². The van der Waals surface area contributed by atoms with Crippen LogP contribution in [-0.2, 0) is 11.8 Å². The van der Waals surface area contributed by atoms with Crippen molar-refractivity contribution in [3.05, 3.63) is 30.5 Å². The topological polar surface area (TPSA) is 79.1 Å². The zero-order valence-corrected chi connectivity index (χ0v) is 9.32. The minimum Gasteiger partial charge on any atom is -0.464 e. The van der Waals surface area contributed by atoms with E-state index in [1.165, 1.54) is 25.7 Å². The van der Waals surface area contributed by atoms with Crippen LogP contribution in [-0.4, -0.2) is 32.8 Å². The first kappa shape index (κ1) is 11.1. The first-order chi connectivity index (χ1) is 8.19. The summed E-state index contributed by atoms with van der Waals surface area (Å²) in [6.07, 6.45) is 5.92. The van der Waals surface area contributed by atoms with E-state index in [9.17, 15) is 4.79 Å². The Balaban J connectivity index is 2.19. The molecule has 0 bridgehead atoms. The molecule has 0 aliphatic rings. The molecule has 2 heterocycles. The van der Waals surface area contributed by atoms with Crippen molar-refractivity contribution < 1.29 is 14.3 Å². The summed E-state index contributed by atoms with van der Waals surface area (Å²) in [4.78, 5) is 19.0. The Kier molecular flexibility index (Phi) is 2.99. The van der Waals surface area contributed by atoms with Gasteiger partial charge in [-0.1, -0.05) is 0 Å². The molecule has 0 fully saturated rings. The summed E-state index contributed by atoms with van der Waals surface area (Å²) in [5.74, 6) is 0.166. The van der Waals surface area contributed by atoms with Gasteiger partial charge in [-0.05, 0) is 0 Å². The predicted molar refractivity (Wildman–Crippen MR) is 56.7 cm³/mol. The van der Waals surface area contributed by atoms with Gasteiger partial charge in [0.25, 0.3) is 0 Å². The number of esters is 1. The fourth-order valence-electron chi connectivity index (χ4n) is 1.17. The van der Waals surface area contributed by atoms with Crippen LogP contribution < -0.4 is 4.74 Å². The maximum atomic E-state index is 11.2. The molecule has 0 spiro atoms. The summed E-state index contributed by atoms with van der Waals surface area (Å²) in [7, 11) is 3.04. The zero-order chi connectivity index (χ0) is 12.3. The van der Waals surface area contributed by atoms with Gasteiger partial charge in [0, 0.05) is 7.05 Å². The van der Waals surface area contributed by atoms with Gasteiger partial charge in [0.15, 0.2) is 11.4 Å². The molecule has 17 heavy (non-hydrogen) atoms. The lowest BCUT2D eigenvalue weighted by atomic mass is 10.4. The van der Waals surface area contributed by atoms with Gasteiger partial charge < -0.3 is 9.47 Å². The highest BCUT2D eigenvalue weighted by Crippen LogP contribution is 2.17. The molecule has 0 saturated heterocycles. The van der Waals surface area contributed by atoms with Crippen LogP contribution in [0, 0.1) is 0 Å². The Bertz CT molecular complexity index is 538. The molecule has 0 aromatic carbocycles. The Labute approximate surface area is 97.0 Å². The molecule has 0 atom stereocenters. The van der Waals surface area contributed by atoms with Crippen molar-refractivity contribution in [3.63, 3.8) is 0 Å². The number of rotatable bonds is 3. The van der Waals surface area contributed by atoms with Crippen LogP contribution in [0.5, 0.6) is 11.6 Å². The molecule has 7 heteroatoms. The van der Waals surface area contributed by atoms with Gasteiger partial charge in [0.2, 0.25) is 5.88 Å². The van der Waals surface area contributed by atoms with E-state index in [0.717, 1.165) is 0 Å². The van der Waals surface area contributed by atoms with Gasteiger partial charge in [-0.25, -0.2) is 9.78 Å². The standard InChI is InChI=1S/C10H10N4O3/c1-14-6-7(3-12-14)17-9-5-11-4-8(13-9)10(15)16-2/h3-6H,1-2H3.